The van der Waals surface area contributed by atoms with E-state index in [4.69, 9.17) is 9.72 Å². The number of pyridine rings is 1. The van der Waals surface area contributed by atoms with Gasteiger partial charge in [-0.25, -0.2) is 4.98 Å². The zero-order valence-electron chi connectivity index (χ0n) is 17.5. The van der Waals surface area contributed by atoms with Crippen LogP contribution in [0, 0.1) is 32.1 Å². The first-order valence-corrected chi connectivity index (χ1v) is 9.81. The molecule has 7 heteroatoms. The maximum absolute atomic E-state index is 12.5. The Kier molecular flexibility index (Phi) is 5.37. The third kappa shape index (κ3) is 4.09. The standard InChI is InChI=1S/C24H21N5O2/c1-15-7-9-19(10-8-15)31-14-22(30)28-24-18(12-25)13-26-29(24)21-11-17(3)20-6-4-5-16(2)23(20)27-21/h4-11,13H,14H2,1-3H3,(H,28,30). The second-order valence-corrected chi connectivity index (χ2v) is 7.35. The van der Waals surface area contributed by atoms with Gasteiger partial charge in [0.2, 0.25) is 0 Å². The molecule has 0 saturated carbocycles. The Labute approximate surface area is 179 Å². The van der Waals surface area contributed by atoms with Crippen LogP contribution in [0.1, 0.15) is 22.3 Å². The molecule has 0 atom stereocenters. The number of ether oxygens (including phenoxy) is 1. The molecular weight excluding hydrogens is 390 g/mol. The number of aryl methyl sites for hydroxylation is 3. The van der Waals surface area contributed by atoms with E-state index in [2.05, 4.69) is 16.5 Å². The zero-order valence-corrected chi connectivity index (χ0v) is 17.5. The number of hydrogen-bond acceptors (Lipinski definition) is 5. The monoisotopic (exact) mass is 411 g/mol. The highest BCUT2D eigenvalue weighted by molar-refractivity contribution is 5.92. The van der Waals surface area contributed by atoms with Gasteiger partial charge in [-0.2, -0.15) is 15.0 Å². The minimum Gasteiger partial charge on any atom is -0.484 e. The zero-order chi connectivity index (χ0) is 22.0. The van der Waals surface area contributed by atoms with E-state index in [9.17, 15) is 10.1 Å². The number of nitrogens with zero attached hydrogens (tertiary/aromatic N) is 4. The lowest BCUT2D eigenvalue weighted by Crippen LogP contribution is -2.22. The highest BCUT2D eigenvalue weighted by Gasteiger charge is 2.17. The summed E-state index contributed by atoms with van der Waals surface area (Å²) < 4.78 is 7.02. The molecule has 0 radical (unpaired) electrons. The fraction of sp³-hybridized carbons (Fsp3) is 0.167. The molecule has 0 unspecified atom stereocenters. The molecule has 0 aliphatic rings. The van der Waals surface area contributed by atoms with E-state index < -0.39 is 5.91 Å². The normalized spacial score (nSPS) is 10.6. The van der Waals surface area contributed by atoms with E-state index in [0.29, 0.717) is 11.6 Å². The molecule has 4 aromatic rings. The number of hydrogen-bond donors (Lipinski definition) is 1. The minimum absolute atomic E-state index is 0.192. The second kappa shape index (κ2) is 8.28. The molecule has 2 aromatic heterocycles. The Bertz CT molecular complexity index is 1320. The van der Waals surface area contributed by atoms with E-state index in [1.807, 2.05) is 57.2 Å². The van der Waals surface area contributed by atoms with E-state index in [1.54, 1.807) is 12.1 Å². The van der Waals surface area contributed by atoms with Gasteiger partial charge >= 0.3 is 0 Å². The van der Waals surface area contributed by atoms with Gasteiger partial charge < -0.3 is 10.1 Å². The number of fused-ring (bicyclic) bond motifs is 1. The smallest absolute Gasteiger partial charge is 0.263 e. The van der Waals surface area contributed by atoms with Gasteiger partial charge in [-0.15, -0.1) is 0 Å². The topological polar surface area (TPSA) is 92.8 Å². The van der Waals surface area contributed by atoms with Crippen molar-refractivity contribution in [2.45, 2.75) is 20.8 Å². The predicted octanol–water partition coefficient (Wildman–Crippen LogP) is 4.23. The molecule has 4 rings (SSSR count). The largest absolute Gasteiger partial charge is 0.484 e. The number of carbonyl (C=O) groups is 1. The lowest BCUT2D eigenvalue weighted by molar-refractivity contribution is -0.118. The summed E-state index contributed by atoms with van der Waals surface area (Å²) in [5, 5.41) is 17.6. The maximum atomic E-state index is 12.5. The number of nitrogens with one attached hydrogen (secondary N) is 1. The van der Waals surface area contributed by atoms with Crippen LogP contribution in [0.25, 0.3) is 16.7 Å². The molecule has 2 heterocycles. The summed E-state index contributed by atoms with van der Waals surface area (Å²) in [6.45, 7) is 5.77. The van der Waals surface area contributed by atoms with Crippen molar-refractivity contribution in [1.82, 2.24) is 14.8 Å². The lowest BCUT2D eigenvalue weighted by Gasteiger charge is -2.12. The highest BCUT2D eigenvalue weighted by Crippen LogP contribution is 2.25. The van der Waals surface area contributed by atoms with Crippen molar-refractivity contribution in [2.24, 2.45) is 0 Å². The average molecular weight is 411 g/mol. The van der Waals surface area contributed by atoms with Crippen molar-refractivity contribution in [3.8, 4) is 17.6 Å². The fourth-order valence-electron chi connectivity index (χ4n) is 3.33. The summed E-state index contributed by atoms with van der Waals surface area (Å²) in [6, 6.07) is 17.4. The third-order valence-electron chi connectivity index (χ3n) is 4.99. The van der Waals surface area contributed by atoms with Crippen LogP contribution in [0.3, 0.4) is 0 Å². The van der Waals surface area contributed by atoms with Gasteiger partial charge in [-0.05, 0) is 50.1 Å². The first-order chi connectivity index (χ1) is 15.0. The van der Waals surface area contributed by atoms with Crippen molar-refractivity contribution in [3.63, 3.8) is 0 Å². The van der Waals surface area contributed by atoms with E-state index in [1.165, 1.54) is 10.9 Å². The summed E-state index contributed by atoms with van der Waals surface area (Å²) in [5.74, 6) is 0.986. The Balaban J connectivity index is 1.63. The number of benzene rings is 2. The molecular formula is C24H21N5O2. The second-order valence-electron chi connectivity index (χ2n) is 7.35. The van der Waals surface area contributed by atoms with Crippen molar-refractivity contribution in [1.29, 1.82) is 5.26 Å². The van der Waals surface area contributed by atoms with Crippen LogP contribution in [0.15, 0.2) is 54.7 Å². The molecule has 1 amide bonds. The van der Waals surface area contributed by atoms with Crippen LogP contribution < -0.4 is 10.1 Å². The van der Waals surface area contributed by atoms with Gasteiger partial charge in [0, 0.05) is 5.39 Å². The Morgan fingerprint density at radius 1 is 1.13 bits per heavy atom. The number of carbonyl (C=O) groups excluding carboxylic acids is 1. The Hall–Kier alpha value is -4.18. The number of rotatable bonds is 5. The number of aromatic nitrogens is 3. The van der Waals surface area contributed by atoms with E-state index >= 15 is 0 Å². The molecule has 0 aliphatic carbocycles. The average Bonchev–Trinajstić information content (AvgIpc) is 3.16. The first kappa shape index (κ1) is 20.1. The fourth-order valence-corrected chi connectivity index (χ4v) is 3.33. The summed E-state index contributed by atoms with van der Waals surface area (Å²) >= 11 is 0. The maximum Gasteiger partial charge on any atom is 0.263 e. The van der Waals surface area contributed by atoms with Crippen LogP contribution in [0.5, 0.6) is 5.75 Å². The molecule has 0 aliphatic heterocycles. The lowest BCUT2D eigenvalue weighted by atomic mass is 10.1. The van der Waals surface area contributed by atoms with Crippen molar-refractivity contribution >= 4 is 22.6 Å². The van der Waals surface area contributed by atoms with Gasteiger partial charge in [0.05, 0.1) is 11.7 Å². The van der Waals surface area contributed by atoms with Crippen molar-refractivity contribution in [2.75, 3.05) is 11.9 Å². The molecule has 7 nitrogen and oxygen atoms in total. The van der Waals surface area contributed by atoms with Gasteiger partial charge in [0.1, 0.15) is 17.4 Å². The van der Waals surface area contributed by atoms with Crippen molar-refractivity contribution < 1.29 is 9.53 Å². The first-order valence-electron chi connectivity index (χ1n) is 9.81. The van der Waals surface area contributed by atoms with Crippen LogP contribution in [0.4, 0.5) is 5.82 Å². The van der Waals surface area contributed by atoms with Gasteiger partial charge in [0.15, 0.2) is 18.2 Å². The highest BCUT2D eigenvalue weighted by atomic mass is 16.5. The molecule has 1 N–H and O–H groups in total. The quantitative estimate of drug-likeness (QED) is 0.530. The molecule has 0 spiro atoms. The predicted molar refractivity (Wildman–Crippen MR) is 118 cm³/mol. The Morgan fingerprint density at radius 3 is 2.65 bits per heavy atom. The summed E-state index contributed by atoms with van der Waals surface area (Å²) in [7, 11) is 0. The SMILES string of the molecule is Cc1ccc(OCC(=O)Nc2c(C#N)cnn2-c2cc(C)c3cccc(C)c3n2)cc1. The van der Waals surface area contributed by atoms with E-state index in [0.717, 1.165) is 27.6 Å². The summed E-state index contributed by atoms with van der Waals surface area (Å²) in [6.07, 6.45) is 1.41. The van der Waals surface area contributed by atoms with E-state index in [-0.39, 0.29) is 18.0 Å². The number of nitriles is 1. The van der Waals surface area contributed by atoms with Gasteiger partial charge in [-0.1, -0.05) is 35.9 Å². The van der Waals surface area contributed by atoms with Crippen LogP contribution in [0.2, 0.25) is 0 Å². The molecule has 0 fully saturated rings. The van der Waals surface area contributed by atoms with Crippen molar-refractivity contribution in [3.05, 3.63) is 77.0 Å². The van der Waals surface area contributed by atoms with Gasteiger partial charge in [-0.3, -0.25) is 4.79 Å². The summed E-state index contributed by atoms with van der Waals surface area (Å²) in [4.78, 5) is 17.3. The minimum atomic E-state index is -0.396. The third-order valence-corrected chi connectivity index (χ3v) is 4.99. The number of para-hydroxylation sites is 1. The Morgan fingerprint density at radius 2 is 1.90 bits per heavy atom. The molecule has 0 saturated heterocycles. The van der Waals surface area contributed by atoms with Crippen LogP contribution in [-0.2, 0) is 4.79 Å². The van der Waals surface area contributed by atoms with Crippen LogP contribution in [-0.4, -0.2) is 27.3 Å². The molecule has 154 valence electrons. The number of amides is 1. The number of anilines is 1. The van der Waals surface area contributed by atoms with Gasteiger partial charge in [0.25, 0.3) is 5.91 Å². The molecule has 2 aromatic carbocycles. The van der Waals surface area contributed by atoms with Crippen LogP contribution >= 0.6 is 0 Å². The molecule has 0 bridgehead atoms. The molecule has 31 heavy (non-hydrogen) atoms. The summed E-state index contributed by atoms with van der Waals surface area (Å²) in [5.41, 5.74) is 4.26.